The van der Waals surface area contributed by atoms with Crippen LogP contribution >= 0.6 is 0 Å². The molecule has 1 heterocycles. The summed E-state index contributed by atoms with van der Waals surface area (Å²) < 4.78 is 0. The number of carbonyl (C=O) groups excluding carboxylic acids is 1. The lowest BCUT2D eigenvalue weighted by molar-refractivity contribution is 0.0367. The summed E-state index contributed by atoms with van der Waals surface area (Å²) in [5.74, 6) is 0.0386. The van der Waals surface area contributed by atoms with Crippen LogP contribution in [0.2, 0.25) is 0 Å². The molecule has 0 aliphatic rings. The van der Waals surface area contributed by atoms with Gasteiger partial charge in [0.15, 0.2) is 5.69 Å². The Hall–Kier alpha value is -1.43. The third-order valence-electron chi connectivity index (χ3n) is 2.13. The molecular formula is C10H18N4O2. The monoisotopic (exact) mass is 226 g/mol. The van der Waals surface area contributed by atoms with E-state index in [1.54, 1.807) is 6.92 Å². The molecule has 0 aliphatic carbocycles. The Kier molecular flexibility index (Phi) is 4.00. The van der Waals surface area contributed by atoms with Crippen molar-refractivity contribution in [3.05, 3.63) is 11.9 Å². The highest BCUT2D eigenvalue weighted by Gasteiger charge is 2.23. The van der Waals surface area contributed by atoms with Crippen molar-refractivity contribution in [3.63, 3.8) is 0 Å². The van der Waals surface area contributed by atoms with Gasteiger partial charge in [-0.15, -0.1) is 0 Å². The first kappa shape index (κ1) is 12.6. The van der Waals surface area contributed by atoms with Crippen LogP contribution in [0.25, 0.3) is 0 Å². The largest absolute Gasteiger partial charge is 0.388 e. The zero-order valence-corrected chi connectivity index (χ0v) is 9.82. The molecule has 3 N–H and O–H groups in total. The Morgan fingerprint density at radius 3 is 2.88 bits per heavy atom. The van der Waals surface area contributed by atoms with Crippen LogP contribution in [0.5, 0.6) is 0 Å². The molecular weight excluding hydrogens is 208 g/mol. The minimum absolute atomic E-state index is 0.205. The van der Waals surface area contributed by atoms with Crippen molar-refractivity contribution in [1.82, 2.24) is 20.7 Å². The van der Waals surface area contributed by atoms with Crippen molar-refractivity contribution in [2.75, 3.05) is 6.54 Å². The molecule has 1 rings (SSSR count). The maximum absolute atomic E-state index is 11.5. The molecule has 0 bridgehead atoms. The summed E-state index contributed by atoms with van der Waals surface area (Å²) in [5, 5.41) is 22.1. The molecule has 0 aliphatic heterocycles. The van der Waals surface area contributed by atoms with Gasteiger partial charge < -0.3 is 10.4 Å². The van der Waals surface area contributed by atoms with Crippen molar-refractivity contribution >= 4 is 5.91 Å². The van der Waals surface area contributed by atoms with Crippen molar-refractivity contribution in [1.29, 1.82) is 0 Å². The number of nitrogens with zero attached hydrogens (tertiary/aromatic N) is 2. The fourth-order valence-corrected chi connectivity index (χ4v) is 1.62. The molecule has 90 valence electrons. The molecule has 0 saturated heterocycles. The van der Waals surface area contributed by atoms with Gasteiger partial charge in [-0.1, -0.05) is 13.8 Å². The lowest BCUT2D eigenvalue weighted by atomic mass is 9.94. The van der Waals surface area contributed by atoms with Gasteiger partial charge in [0.05, 0.1) is 11.8 Å². The number of aromatic amines is 1. The molecule has 6 nitrogen and oxygen atoms in total. The van der Waals surface area contributed by atoms with Gasteiger partial charge in [0, 0.05) is 6.54 Å². The highest BCUT2D eigenvalue weighted by atomic mass is 16.3. The van der Waals surface area contributed by atoms with Crippen LogP contribution in [-0.2, 0) is 0 Å². The summed E-state index contributed by atoms with van der Waals surface area (Å²) in [4.78, 5) is 11.5. The smallest absolute Gasteiger partial charge is 0.273 e. The van der Waals surface area contributed by atoms with E-state index < -0.39 is 5.60 Å². The topological polar surface area (TPSA) is 90.9 Å². The predicted molar refractivity (Wildman–Crippen MR) is 58.8 cm³/mol. The molecule has 6 heteroatoms. The van der Waals surface area contributed by atoms with Gasteiger partial charge in [0.25, 0.3) is 5.91 Å². The van der Waals surface area contributed by atoms with Gasteiger partial charge >= 0.3 is 0 Å². The average Bonchev–Trinajstić information content (AvgIpc) is 2.64. The number of H-pyrrole nitrogens is 1. The van der Waals surface area contributed by atoms with Gasteiger partial charge in [0.2, 0.25) is 0 Å². The fourth-order valence-electron chi connectivity index (χ4n) is 1.62. The van der Waals surface area contributed by atoms with Crippen LogP contribution in [0.1, 0.15) is 37.7 Å². The van der Waals surface area contributed by atoms with E-state index in [-0.39, 0.29) is 18.1 Å². The van der Waals surface area contributed by atoms with Crippen molar-refractivity contribution in [2.45, 2.75) is 32.8 Å². The van der Waals surface area contributed by atoms with Crippen molar-refractivity contribution in [2.24, 2.45) is 5.92 Å². The molecule has 0 aromatic carbocycles. The van der Waals surface area contributed by atoms with E-state index in [2.05, 4.69) is 20.7 Å². The van der Waals surface area contributed by atoms with Gasteiger partial charge in [-0.25, -0.2) is 0 Å². The summed E-state index contributed by atoms with van der Waals surface area (Å²) in [6, 6.07) is 0. The second kappa shape index (κ2) is 5.07. The predicted octanol–water partition coefficient (Wildman–Crippen LogP) is 0.332. The average molecular weight is 226 g/mol. The Labute approximate surface area is 94.4 Å². The number of carbonyl (C=O) groups is 1. The molecule has 1 unspecified atom stereocenters. The standard InChI is InChI=1S/C10H18N4O2/c1-7(2)4-10(3,16)6-11-9(15)8-5-12-14-13-8/h5,7,16H,4,6H2,1-3H3,(H,11,15)(H,12,13,14). The molecule has 1 atom stereocenters. The summed E-state index contributed by atoms with van der Waals surface area (Å²) in [7, 11) is 0. The van der Waals surface area contributed by atoms with E-state index in [4.69, 9.17) is 0 Å². The molecule has 16 heavy (non-hydrogen) atoms. The van der Waals surface area contributed by atoms with E-state index in [0.717, 1.165) is 0 Å². The molecule has 1 amide bonds. The minimum atomic E-state index is -0.895. The summed E-state index contributed by atoms with van der Waals surface area (Å²) >= 11 is 0. The van der Waals surface area contributed by atoms with Crippen LogP contribution < -0.4 is 5.32 Å². The molecule has 0 radical (unpaired) electrons. The minimum Gasteiger partial charge on any atom is -0.388 e. The Bertz CT molecular complexity index is 333. The van der Waals surface area contributed by atoms with E-state index in [1.807, 2.05) is 13.8 Å². The highest BCUT2D eigenvalue weighted by Crippen LogP contribution is 2.15. The SMILES string of the molecule is CC(C)CC(C)(O)CNC(=O)c1cn[nH]n1. The van der Waals surface area contributed by atoms with Crippen LogP contribution in [0.4, 0.5) is 0 Å². The van der Waals surface area contributed by atoms with E-state index >= 15 is 0 Å². The molecule has 1 aromatic rings. The van der Waals surface area contributed by atoms with Gasteiger partial charge in [-0.05, 0) is 19.3 Å². The maximum Gasteiger partial charge on any atom is 0.273 e. The van der Waals surface area contributed by atoms with Gasteiger partial charge in [-0.3, -0.25) is 4.79 Å². The number of aromatic nitrogens is 3. The Morgan fingerprint density at radius 1 is 1.69 bits per heavy atom. The van der Waals surface area contributed by atoms with Gasteiger partial charge in [0.1, 0.15) is 0 Å². The number of hydrogen-bond acceptors (Lipinski definition) is 4. The van der Waals surface area contributed by atoms with Crippen LogP contribution in [0.15, 0.2) is 6.20 Å². The summed E-state index contributed by atoms with van der Waals surface area (Å²) in [6.07, 6.45) is 1.97. The summed E-state index contributed by atoms with van der Waals surface area (Å²) in [6.45, 7) is 5.95. The third-order valence-corrected chi connectivity index (χ3v) is 2.13. The lowest BCUT2D eigenvalue weighted by Gasteiger charge is -2.25. The highest BCUT2D eigenvalue weighted by molar-refractivity contribution is 5.91. The lowest BCUT2D eigenvalue weighted by Crippen LogP contribution is -2.41. The first-order valence-corrected chi connectivity index (χ1v) is 5.27. The zero-order valence-electron chi connectivity index (χ0n) is 9.82. The molecule has 0 spiro atoms. The van der Waals surface area contributed by atoms with E-state index in [0.29, 0.717) is 12.3 Å². The van der Waals surface area contributed by atoms with Crippen molar-refractivity contribution in [3.8, 4) is 0 Å². The third kappa shape index (κ3) is 3.98. The first-order chi connectivity index (χ1) is 7.41. The Balaban J connectivity index is 2.42. The number of rotatable bonds is 5. The number of aliphatic hydroxyl groups is 1. The molecule has 0 saturated carbocycles. The van der Waals surface area contributed by atoms with E-state index in [1.165, 1.54) is 6.20 Å². The number of nitrogens with one attached hydrogen (secondary N) is 2. The van der Waals surface area contributed by atoms with Gasteiger partial charge in [-0.2, -0.15) is 15.4 Å². The van der Waals surface area contributed by atoms with Crippen LogP contribution in [0, 0.1) is 5.92 Å². The maximum atomic E-state index is 11.5. The normalized spacial score (nSPS) is 14.8. The fraction of sp³-hybridized carbons (Fsp3) is 0.700. The van der Waals surface area contributed by atoms with Crippen molar-refractivity contribution < 1.29 is 9.90 Å². The van der Waals surface area contributed by atoms with Crippen LogP contribution in [0.3, 0.4) is 0 Å². The number of hydrogen-bond donors (Lipinski definition) is 3. The summed E-state index contributed by atoms with van der Waals surface area (Å²) in [5.41, 5.74) is -0.673. The number of amides is 1. The second-order valence-corrected chi connectivity index (χ2v) is 4.63. The Morgan fingerprint density at radius 2 is 2.38 bits per heavy atom. The van der Waals surface area contributed by atoms with E-state index in [9.17, 15) is 9.90 Å². The first-order valence-electron chi connectivity index (χ1n) is 5.27. The van der Waals surface area contributed by atoms with Crippen LogP contribution in [-0.4, -0.2) is 38.6 Å². The second-order valence-electron chi connectivity index (χ2n) is 4.63. The zero-order chi connectivity index (χ0) is 12.2. The molecule has 0 fully saturated rings. The molecule has 1 aromatic heterocycles. The quantitative estimate of drug-likeness (QED) is 0.675.